The van der Waals surface area contributed by atoms with E-state index in [0.29, 0.717) is 17.8 Å². The summed E-state index contributed by atoms with van der Waals surface area (Å²) in [4.78, 5) is 18.6. The molecule has 142 valence electrons. The van der Waals surface area contributed by atoms with Gasteiger partial charge in [0, 0.05) is 18.9 Å². The number of phenols is 1. The number of aryl methyl sites for hydroxylation is 1. The van der Waals surface area contributed by atoms with Gasteiger partial charge in [-0.1, -0.05) is 18.5 Å². The first-order chi connectivity index (χ1) is 12.6. The maximum atomic E-state index is 13.2. The van der Waals surface area contributed by atoms with Gasteiger partial charge in [-0.25, -0.2) is 4.98 Å². The van der Waals surface area contributed by atoms with Gasteiger partial charge in [0.15, 0.2) is 5.65 Å². The molecular formula is C18H15ClF3N3O2. The number of fused-ring (bicyclic) bond motifs is 1. The summed E-state index contributed by atoms with van der Waals surface area (Å²) in [5, 5.41) is 9.19. The molecule has 2 aromatic heterocycles. The van der Waals surface area contributed by atoms with Crippen LogP contribution in [0, 0.1) is 0 Å². The number of hydrogen-bond donors (Lipinski definition) is 1. The van der Waals surface area contributed by atoms with Crippen LogP contribution >= 0.6 is 11.6 Å². The summed E-state index contributed by atoms with van der Waals surface area (Å²) in [5.74, 6) is -0.509. The average molecular weight is 398 g/mol. The number of amides is 1. The molecule has 0 radical (unpaired) electrons. The molecule has 0 aliphatic carbocycles. The topological polar surface area (TPSA) is 57.8 Å². The maximum Gasteiger partial charge on any atom is 0.417 e. The number of rotatable bonds is 3. The number of phenolic OH excluding ortho intramolecular Hbond substituents is 1. The van der Waals surface area contributed by atoms with Crippen LogP contribution in [-0.2, 0) is 12.6 Å². The molecule has 0 saturated carbocycles. The van der Waals surface area contributed by atoms with Gasteiger partial charge >= 0.3 is 6.18 Å². The highest BCUT2D eigenvalue weighted by molar-refractivity contribution is 6.33. The van der Waals surface area contributed by atoms with Gasteiger partial charge in [0.1, 0.15) is 11.4 Å². The number of anilines is 1. The van der Waals surface area contributed by atoms with E-state index in [1.807, 2.05) is 0 Å². The van der Waals surface area contributed by atoms with Crippen molar-refractivity contribution in [2.75, 3.05) is 11.9 Å². The Morgan fingerprint density at radius 2 is 1.93 bits per heavy atom. The molecule has 1 N–H and O–H groups in total. The van der Waals surface area contributed by atoms with Crippen molar-refractivity contribution in [2.24, 2.45) is 0 Å². The molecule has 0 fully saturated rings. The number of halogens is 4. The smallest absolute Gasteiger partial charge is 0.417 e. The summed E-state index contributed by atoms with van der Waals surface area (Å²) < 4.78 is 40.6. The molecule has 9 heteroatoms. The van der Waals surface area contributed by atoms with Crippen molar-refractivity contribution in [3.05, 3.63) is 58.5 Å². The van der Waals surface area contributed by atoms with E-state index in [0.717, 1.165) is 16.7 Å². The Morgan fingerprint density at radius 3 is 2.48 bits per heavy atom. The monoisotopic (exact) mass is 397 g/mol. The van der Waals surface area contributed by atoms with Crippen LogP contribution < -0.4 is 4.90 Å². The quantitative estimate of drug-likeness (QED) is 0.705. The third-order valence-corrected chi connectivity index (χ3v) is 4.43. The van der Waals surface area contributed by atoms with Crippen molar-refractivity contribution in [3.8, 4) is 5.75 Å². The molecule has 3 rings (SSSR count). The zero-order valence-corrected chi connectivity index (χ0v) is 15.1. The number of nitrogens with zero attached hydrogens (tertiary/aromatic N) is 3. The van der Waals surface area contributed by atoms with Gasteiger partial charge < -0.3 is 10.0 Å². The lowest BCUT2D eigenvalue weighted by molar-refractivity contribution is -0.137. The lowest BCUT2D eigenvalue weighted by Crippen LogP contribution is -2.28. The number of carbonyl (C=O) groups is 1. The Balaban J connectivity index is 2.18. The molecule has 0 spiro atoms. The Hall–Kier alpha value is -2.74. The lowest BCUT2D eigenvalue weighted by Gasteiger charge is -2.18. The second-order valence-electron chi connectivity index (χ2n) is 5.91. The number of aromatic hydroxyl groups is 1. The summed E-state index contributed by atoms with van der Waals surface area (Å²) in [6.07, 6.45) is -3.45. The van der Waals surface area contributed by atoms with Gasteiger partial charge in [-0.15, -0.1) is 0 Å². The number of carbonyl (C=O) groups excluding carboxylic acids is 1. The van der Waals surface area contributed by atoms with Crippen LogP contribution in [0.25, 0.3) is 5.65 Å². The van der Waals surface area contributed by atoms with E-state index in [-0.39, 0.29) is 22.1 Å². The fourth-order valence-corrected chi connectivity index (χ4v) is 2.98. The molecule has 0 aliphatic rings. The molecule has 0 bridgehead atoms. The fourth-order valence-electron chi connectivity index (χ4n) is 2.73. The van der Waals surface area contributed by atoms with Crippen LogP contribution in [0.15, 0.2) is 36.5 Å². The molecule has 3 aromatic rings. The van der Waals surface area contributed by atoms with E-state index in [9.17, 15) is 23.1 Å². The standard InChI is InChI=1S/C18H15ClF3N3O2/c1-3-14-15(17(27)24(2)11-4-6-12(26)7-5-11)25-9-10(18(20,21)22)8-13(19)16(25)23-14/h4-9,26H,3H2,1-2H3. The minimum Gasteiger partial charge on any atom is -0.508 e. The van der Waals surface area contributed by atoms with E-state index in [1.165, 1.54) is 36.2 Å². The molecule has 2 heterocycles. The van der Waals surface area contributed by atoms with E-state index in [2.05, 4.69) is 4.98 Å². The summed E-state index contributed by atoms with van der Waals surface area (Å²) in [7, 11) is 1.49. The molecule has 0 atom stereocenters. The molecule has 0 aliphatic heterocycles. The third-order valence-electron chi connectivity index (χ3n) is 4.15. The number of pyridine rings is 1. The minimum absolute atomic E-state index is 0.0103. The van der Waals surface area contributed by atoms with Crippen molar-refractivity contribution in [2.45, 2.75) is 19.5 Å². The van der Waals surface area contributed by atoms with Crippen LogP contribution in [0.4, 0.5) is 18.9 Å². The zero-order valence-electron chi connectivity index (χ0n) is 14.4. The predicted octanol–water partition coefficient (Wildman–Crippen LogP) is 4.55. The van der Waals surface area contributed by atoms with E-state index < -0.39 is 17.6 Å². The summed E-state index contributed by atoms with van der Waals surface area (Å²) >= 11 is 5.99. The third kappa shape index (κ3) is 3.44. The minimum atomic E-state index is -4.61. The van der Waals surface area contributed by atoms with Crippen LogP contribution in [0.5, 0.6) is 5.75 Å². The van der Waals surface area contributed by atoms with Gasteiger partial charge in [-0.05, 0) is 36.8 Å². The number of alkyl halides is 3. The highest BCUT2D eigenvalue weighted by Crippen LogP contribution is 2.33. The normalized spacial score (nSPS) is 11.8. The molecule has 0 saturated heterocycles. The van der Waals surface area contributed by atoms with Gasteiger partial charge in [0.2, 0.25) is 0 Å². The number of aromatic nitrogens is 2. The highest BCUT2D eigenvalue weighted by Gasteiger charge is 2.33. The molecular weight excluding hydrogens is 383 g/mol. The average Bonchev–Trinajstić information content (AvgIpc) is 2.99. The van der Waals surface area contributed by atoms with Gasteiger partial charge in [0.05, 0.1) is 16.3 Å². The SMILES string of the molecule is CCc1nc2c(Cl)cc(C(F)(F)F)cn2c1C(=O)N(C)c1ccc(O)cc1. The van der Waals surface area contributed by atoms with Crippen molar-refractivity contribution in [1.29, 1.82) is 0 Å². The maximum absolute atomic E-state index is 13.2. The number of hydrogen-bond acceptors (Lipinski definition) is 3. The molecule has 27 heavy (non-hydrogen) atoms. The van der Waals surface area contributed by atoms with Gasteiger partial charge in [-0.3, -0.25) is 9.20 Å². The van der Waals surface area contributed by atoms with Crippen molar-refractivity contribution in [3.63, 3.8) is 0 Å². The van der Waals surface area contributed by atoms with Gasteiger partial charge in [-0.2, -0.15) is 13.2 Å². The Morgan fingerprint density at radius 1 is 1.30 bits per heavy atom. The van der Waals surface area contributed by atoms with Gasteiger partial charge in [0.25, 0.3) is 5.91 Å². The van der Waals surface area contributed by atoms with E-state index in [4.69, 9.17) is 11.6 Å². The second kappa shape index (κ2) is 6.77. The largest absolute Gasteiger partial charge is 0.508 e. The number of benzene rings is 1. The number of imidazole rings is 1. The van der Waals surface area contributed by atoms with Crippen molar-refractivity contribution < 1.29 is 23.1 Å². The first kappa shape index (κ1) is 19.0. The first-order valence-corrected chi connectivity index (χ1v) is 8.36. The van der Waals surface area contributed by atoms with Crippen molar-refractivity contribution >= 4 is 28.8 Å². The zero-order chi connectivity index (χ0) is 19.9. The predicted molar refractivity (Wildman–Crippen MR) is 95.4 cm³/mol. The van der Waals surface area contributed by atoms with Crippen molar-refractivity contribution in [1.82, 2.24) is 9.38 Å². The van der Waals surface area contributed by atoms with Crippen LogP contribution in [-0.4, -0.2) is 27.4 Å². The summed E-state index contributed by atoms with van der Waals surface area (Å²) in [6, 6.07) is 6.66. The Bertz CT molecular complexity index is 1010. The van der Waals surface area contributed by atoms with E-state index in [1.54, 1.807) is 6.92 Å². The molecule has 5 nitrogen and oxygen atoms in total. The fraction of sp³-hybridized carbons (Fsp3) is 0.222. The van der Waals surface area contributed by atoms with Crippen LogP contribution in [0.3, 0.4) is 0 Å². The van der Waals surface area contributed by atoms with Crippen LogP contribution in [0.1, 0.15) is 28.7 Å². The van der Waals surface area contributed by atoms with E-state index >= 15 is 0 Å². The molecule has 0 unspecified atom stereocenters. The van der Waals surface area contributed by atoms with Crippen LogP contribution in [0.2, 0.25) is 5.02 Å². The molecule has 1 aromatic carbocycles. The summed E-state index contributed by atoms with van der Waals surface area (Å²) in [5.41, 5.74) is -0.0684. The Labute approximate surface area is 157 Å². The first-order valence-electron chi connectivity index (χ1n) is 7.98. The highest BCUT2D eigenvalue weighted by atomic mass is 35.5. The molecule has 1 amide bonds. The lowest BCUT2D eigenvalue weighted by atomic mass is 10.2. The Kier molecular flexibility index (Phi) is 4.77. The second-order valence-corrected chi connectivity index (χ2v) is 6.32. The summed E-state index contributed by atoms with van der Waals surface area (Å²) in [6.45, 7) is 1.75.